The minimum Gasteiger partial charge on any atom is -0.367 e. The second-order valence-corrected chi connectivity index (χ2v) is 6.10. The monoisotopic (exact) mass is 303 g/mol. The number of carbonyl (C=O) groups is 1. The van der Waals surface area contributed by atoms with Crippen LogP contribution in [0.15, 0.2) is 23.0 Å². The van der Waals surface area contributed by atoms with Gasteiger partial charge in [-0.25, -0.2) is 4.79 Å². The molecule has 1 fully saturated rings. The topological polar surface area (TPSA) is 79.2 Å². The van der Waals surface area contributed by atoms with E-state index in [0.717, 1.165) is 30.3 Å². The van der Waals surface area contributed by atoms with Crippen molar-refractivity contribution in [3.8, 4) is 0 Å². The van der Waals surface area contributed by atoms with Crippen LogP contribution < -0.4 is 11.4 Å². The highest BCUT2D eigenvalue weighted by Crippen LogP contribution is 2.34. The van der Waals surface area contributed by atoms with E-state index in [2.05, 4.69) is 0 Å². The summed E-state index contributed by atoms with van der Waals surface area (Å²) in [5.41, 5.74) is 6.61. The number of amides is 1. The first-order chi connectivity index (χ1) is 10.4. The normalized spacial score (nSPS) is 18.1. The molecule has 1 amide bonds. The molecule has 2 N–H and O–H groups in total. The van der Waals surface area contributed by atoms with E-state index >= 15 is 0 Å². The number of methoxy groups -OCH3 is 1. The van der Waals surface area contributed by atoms with Gasteiger partial charge in [-0.2, -0.15) is 0 Å². The number of hydrogen-bond donors (Lipinski definition) is 1. The molecule has 3 rings (SSSR count). The first-order valence-corrected chi connectivity index (χ1v) is 7.46. The van der Waals surface area contributed by atoms with Gasteiger partial charge < -0.3 is 10.5 Å². The van der Waals surface area contributed by atoms with Crippen LogP contribution in [0.5, 0.6) is 0 Å². The van der Waals surface area contributed by atoms with Gasteiger partial charge in [-0.3, -0.25) is 13.9 Å². The molecule has 6 heteroatoms. The van der Waals surface area contributed by atoms with E-state index in [1.807, 2.05) is 16.7 Å². The Labute approximate surface area is 128 Å². The minimum absolute atomic E-state index is 0.0185. The van der Waals surface area contributed by atoms with Crippen LogP contribution in [-0.4, -0.2) is 22.2 Å². The van der Waals surface area contributed by atoms with E-state index in [1.54, 1.807) is 24.6 Å². The summed E-state index contributed by atoms with van der Waals surface area (Å²) in [6.45, 7) is 1.64. The fourth-order valence-corrected chi connectivity index (χ4v) is 3.02. The SMILES string of the molecule is COC(C)(C(N)=O)c1ccc2c(c1)n(C1CCC1)c(=O)n2C. The summed E-state index contributed by atoms with van der Waals surface area (Å²) < 4.78 is 8.82. The number of aromatic nitrogens is 2. The second kappa shape index (κ2) is 4.98. The first-order valence-electron chi connectivity index (χ1n) is 7.46. The van der Waals surface area contributed by atoms with Crippen LogP contribution in [0, 0.1) is 0 Å². The quantitative estimate of drug-likeness (QED) is 0.927. The van der Waals surface area contributed by atoms with Crippen molar-refractivity contribution in [1.82, 2.24) is 9.13 Å². The van der Waals surface area contributed by atoms with E-state index in [4.69, 9.17) is 10.5 Å². The van der Waals surface area contributed by atoms with Gasteiger partial charge >= 0.3 is 5.69 Å². The molecule has 22 heavy (non-hydrogen) atoms. The van der Waals surface area contributed by atoms with Crippen molar-refractivity contribution in [1.29, 1.82) is 0 Å². The third-order valence-electron chi connectivity index (χ3n) is 4.96. The van der Waals surface area contributed by atoms with Gasteiger partial charge in [-0.1, -0.05) is 6.07 Å². The molecule has 2 aromatic rings. The summed E-state index contributed by atoms with van der Waals surface area (Å²) in [5, 5.41) is 0. The number of rotatable bonds is 4. The molecule has 1 unspecified atom stereocenters. The number of hydrogen-bond acceptors (Lipinski definition) is 3. The zero-order valence-corrected chi connectivity index (χ0v) is 13.1. The lowest BCUT2D eigenvalue weighted by Crippen LogP contribution is -2.40. The number of imidazole rings is 1. The van der Waals surface area contributed by atoms with Crippen molar-refractivity contribution in [2.45, 2.75) is 37.8 Å². The Morgan fingerprint density at radius 3 is 2.55 bits per heavy atom. The summed E-state index contributed by atoms with van der Waals surface area (Å²) >= 11 is 0. The maximum atomic E-state index is 12.5. The fraction of sp³-hybridized carbons (Fsp3) is 0.500. The van der Waals surface area contributed by atoms with Crippen LogP contribution in [0.4, 0.5) is 0 Å². The number of carbonyl (C=O) groups excluding carboxylic acids is 1. The Balaban J connectivity index is 2.25. The molecule has 0 saturated heterocycles. The van der Waals surface area contributed by atoms with Gasteiger partial charge in [0.2, 0.25) is 0 Å². The van der Waals surface area contributed by atoms with Gasteiger partial charge in [0.25, 0.3) is 5.91 Å². The molecular weight excluding hydrogens is 282 g/mol. The highest BCUT2D eigenvalue weighted by Gasteiger charge is 2.34. The second-order valence-electron chi connectivity index (χ2n) is 6.10. The molecule has 1 aliphatic rings. The summed E-state index contributed by atoms with van der Waals surface area (Å²) in [7, 11) is 3.22. The number of fused-ring (bicyclic) bond motifs is 1. The van der Waals surface area contributed by atoms with Crippen LogP contribution in [0.1, 0.15) is 37.8 Å². The molecule has 1 saturated carbocycles. The lowest BCUT2D eigenvalue weighted by molar-refractivity contribution is -0.139. The van der Waals surface area contributed by atoms with Crippen LogP contribution in [0.3, 0.4) is 0 Å². The van der Waals surface area contributed by atoms with Gasteiger partial charge in [0.05, 0.1) is 11.0 Å². The van der Waals surface area contributed by atoms with E-state index in [1.165, 1.54) is 7.11 Å². The largest absolute Gasteiger partial charge is 0.367 e. The fourth-order valence-electron chi connectivity index (χ4n) is 3.02. The van der Waals surface area contributed by atoms with E-state index in [9.17, 15) is 9.59 Å². The van der Waals surface area contributed by atoms with Gasteiger partial charge in [0.15, 0.2) is 5.60 Å². The Kier molecular flexibility index (Phi) is 3.36. The predicted octanol–water partition coefficient (Wildman–Crippen LogP) is 1.41. The molecule has 118 valence electrons. The molecule has 0 bridgehead atoms. The average Bonchev–Trinajstić information content (AvgIpc) is 2.69. The maximum Gasteiger partial charge on any atom is 0.329 e. The summed E-state index contributed by atoms with van der Waals surface area (Å²) in [4.78, 5) is 24.3. The van der Waals surface area contributed by atoms with Crippen LogP contribution in [0.25, 0.3) is 11.0 Å². The van der Waals surface area contributed by atoms with Crippen molar-refractivity contribution in [2.75, 3.05) is 7.11 Å². The lowest BCUT2D eigenvalue weighted by atomic mass is 9.92. The van der Waals surface area contributed by atoms with E-state index in [-0.39, 0.29) is 11.7 Å². The Morgan fingerprint density at radius 1 is 1.36 bits per heavy atom. The molecule has 1 aromatic carbocycles. The Morgan fingerprint density at radius 2 is 2.05 bits per heavy atom. The highest BCUT2D eigenvalue weighted by atomic mass is 16.5. The minimum atomic E-state index is -1.20. The maximum absolute atomic E-state index is 12.5. The molecule has 1 atom stereocenters. The van der Waals surface area contributed by atoms with Crippen molar-refractivity contribution >= 4 is 16.9 Å². The zero-order chi connectivity index (χ0) is 16.1. The lowest BCUT2D eigenvalue weighted by Gasteiger charge is -2.28. The highest BCUT2D eigenvalue weighted by molar-refractivity contribution is 5.87. The average molecular weight is 303 g/mol. The van der Waals surface area contributed by atoms with Crippen molar-refractivity contribution < 1.29 is 9.53 Å². The molecule has 0 aliphatic heterocycles. The van der Waals surface area contributed by atoms with E-state index < -0.39 is 11.5 Å². The van der Waals surface area contributed by atoms with Crippen molar-refractivity contribution in [2.24, 2.45) is 12.8 Å². The summed E-state index contributed by atoms with van der Waals surface area (Å²) in [6, 6.07) is 5.74. The smallest absolute Gasteiger partial charge is 0.329 e. The molecule has 6 nitrogen and oxygen atoms in total. The van der Waals surface area contributed by atoms with Gasteiger partial charge in [0.1, 0.15) is 0 Å². The predicted molar refractivity (Wildman–Crippen MR) is 83.6 cm³/mol. The molecule has 0 radical (unpaired) electrons. The molecule has 1 heterocycles. The van der Waals surface area contributed by atoms with Crippen molar-refractivity contribution in [3.05, 3.63) is 34.2 Å². The number of nitrogens with zero attached hydrogens (tertiary/aromatic N) is 2. The van der Waals surface area contributed by atoms with Crippen LogP contribution >= 0.6 is 0 Å². The summed E-state index contributed by atoms with van der Waals surface area (Å²) in [5.74, 6) is -0.553. The van der Waals surface area contributed by atoms with Gasteiger partial charge in [-0.15, -0.1) is 0 Å². The molecule has 0 spiro atoms. The third kappa shape index (κ3) is 1.90. The zero-order valence-electron chi connectivity index (χ0n) is 13.1. The molecular formula is C16H21N3O3. The number of benzene rings is 1. The number of ether oxygens (including phenoxy) is 1. The van der Waals surface area contributed by atoms with Gasteiger partial charge in [-0.05, 0) is 43.9 Å². The van der Waals surface area contributed by atoms with E-state index in [0.29, 0.717) is 5.56 Å². The third-order valence-corrected chi connectivity index (χ3v) is 4.96. The number of aryl methyl sites for hydroxylation is 1. The van der Waals surface area contributed by atoms with Crippen LogP contribution in [-0.2, 0) is 22.2 Å². The summed E-state index contributed by atoms with van der Waals surface area (Å²) in [6.07, 6.45) is 3.17. The molecule has 1 aliphatic carbocycles. The number of nitrogens with two attached hydrogens (primary N) is 1. The van der Waals surface area contributed by atoms with Gasteiger partial charge in [0, 0.05) is 20.2 Å². The number of primary amides is 1. The Bertz CT molecular complexity index is 801. The standard InChI is InChI=1S/C16H21N3O3/c1-16(22-3,14(17)20)10-7-8-12-13(9-10)19(11-5-4-6-11)15(21)18(12)2/h7-9,11H,4-6H2,1-3H3,(H2,17,20). The molecule has 1 aromatic heterocycles. The first kappa shape index (κ1) is 14.8. The van der Waals surface area contributed by atoms with Crippen LogP contribution in [0.2, 0.25) is 0 Å². The Hall–Kier alpha value is -2.08. The van der Waals surface area contributed by atoms with Crippen molar-refractivity contribution in [3.63, 3.8) is 0 Å².